The minimum Gasteiger partial charge on any atom is -0.497 e. The van der Waals surface area contributed by atoms with Crippen LogP contribution in [0.2, 0.25) is 5.15 Å². The van der Waals surface area contributed by atoms with Crippen LogP contribution in [0.5, 0.6) is 5.75 Å². The summed E-state index contributed by atoms with van der Waals surface area (Å²) in [6, 6.07) is 13.7. The average Bonchev–Trinajstić information content (AvgIpc) is 2.81. The molecule has 4 rings (SSSR count). The number of fused-ring (bicyclic) bond motifs is 1. The minimum atomic E-state index is -0.231. The van der Waals surface area contributed by atoms with Gasteiger partial charge in [0, 0.05) is 36.4 Å². The number of amides is 1. The van der Waals surface area contributed by atoms with Crippen molar-refractivity contribution in [2.45, 2.75) is 26.9 Å². The van der Waals surface area contributed by atoms with Gasteiger partial charge >= 0.3 is 0 Å². The highest BCUT2D eigenvalue weighted by Crippen LogP contribution is 2.26. The van der Waals surface area contributed by atoms with Crippen LogP contribution in [0.3, 0.4) is 0 Å². The van der Waals surface area contributed by atoms with E-state index >= 15 is 0 Å². The predicted molar refractivity (Wildman–Crippen MR) is 125 cm³/mol. The molecule has 0 bridgehead atoms. The standard InChI is InChI=1S/C25H23ClN4O2/c1-16-10-19-12-20(24(26)29-22(19)11-17(16)2)15-30(25(31)23-13-27-8-9-28-23)14-18-4-6-21(32-3)7-5-18/h4-13H,14-15H2,1-3H3. The van der Waals surface area contributed by atoms with E-state index in [1.54, 1.807) is 18.2 Å². The van der Waals surface area contributed by atoms with Gasteiger partial charge in [0.2, 0.25) is 0 Å². The van der Waals surface area contributed by atoms with E-state index in [2.05, 4.69) is 34.9 Å². The topological polar surface area (TPSA) is 68.2 Å². The number of rotatable bonds is 6. The van der Waals surface area contributed by atoms with Crippen molar-refractivity contribution in [2.75, 3.05) is 7.11 Å². The predicted octanol–water partition coefficient (Wildman–Crippen LogP) is 5.15. The molecular weight excluding hydrogens is 424 g/mol. The van der Waals surface area contributed by atoms with Crippen molar-refractivity contribution in [1.29, 1.82) is 0 Å². The molecule has 7 heteroatoms. The lowest BCUT2D eigenvalue weighted by Crippen LogP contribution is -2.31. The Morgan fingerprint density at radius 3 is 2.47 bits per heavy atom. The first-order valence-corrected chi connectivity index (χ1v) is 10.6. The fourth-order valence-electron chi connectivity index (χ4n) is 3.50. The number of pyridine rings is 1. The van der Waals surface area contributed by atoms with E-state index in [0.29, 0.717) is 11.7 Å². The van der Waals surface area contributed by atoms with Gasteiger partial charge in [-0.15, -0.1) is 0 Å². The van der Waals surface area contributed by atoms with E-state index in [9.17, 15) is 4.79 Å². The number of benzene rings is 2. The second-order valence-corrected chi connectivity index (χ2v) is 8.03. The molecule has 0 aliphatic rings. The molecule has 0 aliphatic heterocycles. The number of carbonyl (C=O) groups excluding carboxylic acids is 1. The summed E-state index contributed by atoms with van der Waals surface area (Å²) >= 11 is 6.54. The van der Waals surface area contributed by atoms with Gasteiger partial charge in [0.25, 0.3) is 5.91 Å². The van der Waals surface area contributed by atoms with Crippen molar-refractivity contribution in [3.63, 3.8) is 0 Å². The second kappa shape index (κ2) is 9.32. The summed E-state index contributed by atoms with van der Waals surface area (Å²) in [5.41, 5.74) is 5.18. The van der Waals surface area contributed by atoms with E-state index in [0.717, 1.165) is 33.3 Å². The molecule has 0 atom stereocenters. The maximum Gasteiger partial charge on any atom is 0.274 e. The van der Waals surface area contributed by atoms with E-state index in [-0.39, 0.29) is 18.1 Å². The van der Waals surface area contributed by atoms with Crippen LogP contribution in [-0.4, -0.2) is 32.9 Å². The van der Waals surface area contributed by atoms with Gasteiger partial charge in [-0.25, -0.2) is 9.97 Å². The van der Waals surface area contributed by atoms with Crippen LogP contribution in [-0.2, 0) is 13.1 Å². The Labute approximate surface area is 191 Å². The summed E-state index contributed by atoms with van der Waals surface area (Å²) < 4.78 is 5.24. The highest BCUT2D eigenvalue weighted by molar-refractivity contribution is 6.30. The summed E-state index contributed by atoms with van der Waals surface area (Å²) in [7, 11) is 1.62. The largest absolute Gasteiger partial charge is 0.497 e. The Morgan fingerprint density at radius 1 is 1.03 bits per heavy atom. The fraction of sp³-hybridized carbons (Fsp3) is 0.200. The molecule has 1 amide bonds. The molecule has 2 heterocycles. The number of carbonyl (C=O) groups is 1. The zero-order chi connectivity index (χ0) is 22.7. The molecule has 0 radical (unpaired) electrons. The van der Waals surface area contributed by atoms with Crippen LogP contribution in [0.4, 0.5) is 0 Å². The number of halogens is 1. The third-order valence-electron chi connectivity index (χ3n) is 5.42. The third kappa shape index (κ3) is 4.70. The number of nitrogens with zero attached hydrogens (tertiary/aromatic N) is 4. The van der Waals surface area contributed by atoms with Gasteiger partial charge in [-0.1, -0.05) is 23.7 Å². The maximum absolute atomic E-state index is 13.3. The molecule has 32 heavy (non-hydrogen) atoms. The van der Waals surface area contributed by atoms with Crippen LogP contribution >= 0.6 is 11.6 Å². The molecule has 0 spiro atoms. The molecule has 6 nitrogen and oxygen atoms in total. The van der Waals surface area contributed by atoms with Gasteiger partial charge in [0.15, 0.2) is 0 Å². The SMILES string of the molecule is COc1ccc(CN(Cc2cc3cc(C)c(C)cc3nc2Cl)C(=O)c2cnccn2)cc1. The summed E-state index contributed by atoms with van der Waals surface area (Å²) in [4.78, 5) is 27.8. The molecule has 0 aliphatic carbocycles. The number of methoxy groups -OCH3 is 1. The molecule has 162 valence electrons. The monoisotopic (exact) mass is 446 g/mol. The highest BCUT2D eigenvalue weighted by atomic mass is 35.5. The minimum absolute atomic E-state index is 0.231. The van der Waals surface area contributed by atoms with Gasteiger partial charge in [0.1, 0.15) is 16.6 Å². The Balaban J connectivity index is 1.69. The van der Waals surface area contributed by atoms with Gasteiger partial charge < -0.3 is 9.64 Å². The van der Waals surface area contributed by atoms with Crippen LogP contribution in [0.25, 0.3) is 10.9 Å². The number of ether oxygens (including phenoxy) is 1. The first-order chi connectivity index (χ1) is 15.4. The summed E-state index contributed by atoms with van der Waals surface area (Å²) in [5.74, 6) is 0.526. The van der Waals surface area contributed by atoms with Crippen LogP contribution in [0.1, 0.15) is 32.7 Å². The lowest BCUT2D eigenvalue weighted by Gasteiger charge is -2.23. The molecule has 0 saturated heterocycles. The number of hydrogen-bond donors (Lipinski definition) is 0. The Hall–Kier alpha value is -3.51. The van der Waals surface area contributed by atoms with Gasteiger partial charge in [-0.2, -0.15) is 0 Å². The zero-order valence-electron chi connectivity index (χ0n) is 18.2. The van der Waals surface area contributed by atoms with Crippen molar-refractivity contribution >= 4 is 28.4 Å². The third-order valence-corrected chi connectivity index (χ3v) is 5.75. The van der Waals surface area contributed by atoms with Gasteiger partial charge in [-0.3, -0.25) is 9.78 Å². The second-order valence-electron chi connectivity index (χ2n) is 7.67. The summed E-state index contributed by atoms with van der Waals surface area (Å²) in [6.45, 7) is 4.78. The molecule has 0 N–H and O–H groups in total. The van der Waals surface area contributed by atoms with Gasteiger partial charge in [0.05, 0.1) is 18.8 Å². The van der Waals surface area contributed by atoms with Crippen molar-refractivity contribution < 1.29 is 9.53 Å². The fourth-order valence-corrected chi connectivity index (χ4v) is 3.70. The van der Waals surface area contributed by atoms with Crippen LogP contribution in [0.15, 0.2) is 61.1 Å². The Bertz CT molecular complexity index is 1260. The summed E-state index contributed by atoms with van der Waals surface area (Å²) in [6.07, 6.45) is 4.52. The smallest absolute Gasteiger partial charge is 0.274 e. The normalized spacial score (nSPS) is 10.9. The Morgan fingerprint density at radius 2 is 1.78 bits per heavy atom. The van der Waals surface area contributed by atoms with Gasteiger partial charge in [-0.05, 0) is 60.9 Å². The van der Waals surface area contributed by atoms with E-state index in [1.807, 2.05) is 36.4 Å². The van der Waals surface area contributed by atoms with Crippen molar-refractivity contribution in [3.8, 4) is 5.75 Å². The quantitative estimate of drug-likeness (QED) is 0.383. The Kier molecular flexibility index (Phi) is 6.32. The van der Waals surface area contributed by atoms with Crippen molar-refractivity contribution in [3.05, 3.63) is 94.2 Å². The highest BCUT2D eigenvalue weighted by Gasteiger charge is 2.20. The number of aromatic nitrogens is 3. The molecule has 4 aromatic rings. The van der Waals surface area contributed by atoms with E-state index < -0.39 is 0 Å². The first-order valence-electron chi connectivity index (χ1n) is 10.2. The van der Waals surface area contributed by atoms with Crippen molar-refractivity contribution in [1.82, 2.24) is 19.9 Å². The van der Waals surface area contributed by atoms with Crippen molar-refractivity contribution in [2.24, 2.45) is 0 Å². The molecule has 0 unspecified atom stereocenters. The lowest BCUT2D eigenvalue weighted by molar-refractivity contribution is 0.0723. The number of hydrogen-bond acceptors (Lipinski definition) is 5. The number of aryl methyl sites for hydroxylation is 2. The molecule has 0 fully saturated rings. The maximum atomic E-state index is 13.3. The molecule has 2 aromatic carbocycles. The van der Waals surface area contributed by atoms with E-state index in [1.165, 1.54) is 18.0 Å². The molecule has 2 aromatic heterocycles. The molecular formula is C25H23ClN4O2. The molecule has 0 saturated carbocycles. The lowest BCUT2D eigenvalue weighted by atomic mass is 10.0. The zero-order valence-corrected chi connectivity index (χ0v) is 18.9. The van der Waals surface area contributed by atoms with E-state index in [4.69, 9.17) is 16.3 Å². The van der Waals surface area contributed by atoms with Crippen LogP contribution < -0.4 is 4.74 Å². The average molecular weight is 447 g/mol. The first kappa shape index (κ1) is 21.7. The van der Waals surface area contributed by atoms with Crippen LogP contribution in [0, 0.1) is 13.8 Å². The summed E-state index contributed by atoms with van der Waals surface area (Å²) in [5, 5.41) is 1.37.